The van der Waals surface area contributed by atoms with Gasteiger partial charge in [-0.1, -0.05) is 55.3 Å². The van der Waals surface area contributed by atoms with Gasteiger partial charge in [0.2, 0.25) is 0 Å². The van der Waals surface area contributed by atoms with E-state index in [0.29, 0.717) is 16.8 Å². The van der Waals surface area contributed by atoms with Crippen LogP contribution in [0.3, 0.4) is 0 Å². The van der Waals surface area contributed by atoms with Gasteiger partial charge in [-0.25, -0.2) is 0 Å². The van der Waals surface area contributed by atoms with Gasteiger partial charge in [-0.2, -0.15) is 0 Å². The Kier molecular flexibility index (Phi) is 4.43. The minimum absolute atomic E-state index is 0.0531. The number of Topliss-reactive ketones (excluding diaryl/α,β-unsaturated/α-hetero) is 1. The molecule has 2 aromatic carbocycles. The van der Waals surface area contributed by atoms with Crippen LogP contribution in [0.4, 0.5) is 5.69 Å². The Balaban J connectivity index is 1.94. The molecule has 3 rings (SSSR count). The maximum Gasteiger partial charge on any atom is 0.265 e. The van der Waals surface area contributed by atoms with Gasteiger partial charge in [0.1, 0.15) is 0 Å². The summed E-state index contributed by atoms with van der Waals surface area (Å²) >= 11 is 0. The average molecular weight is 333 g/mol. The number of fused-ring (bicyclic) bond motifs is 1. The van der Waals surface area contributed by atoms with E-state index in [0.717, 1.165) is 12.0 Å². The van der Waals surface area contributed by atoms with Crippen molar-refractivity contribution in [1.82, 2.24) is 0 Å². The van der Waals surface area contributed by atoms with Crippen LogP contribution in [-0.2, 0) is 16.8 Å². The second-order valence-electron chi connectivity index (χ2n) is 6.12. The molecule has 1 atom stereocenters. The zero-order valence-electron chi connectivity index (χ0n) is 14.0. The predicted octanol–water partition coefficient (Wildman–Crippen LogP) is 2.69. The highest BCUT2D eigenvalue weighted by atomic mass is 16.3. The molecule has 0 unspecified atom stereocenters. The molecular weight excluding hydrogens is 314 g/mol. The van der Waals surface area contributed by atoms with Crippen molar-refractivity contribution in [2.45, 2.75) is 25.4 Å². The van der Waals surface area contributed by atoms with Gasteiger partial charge in [-0.05, 0) is 18.1 Å². The van der Waals surface area contributed by atoms with E-state index < -0.39 is 11.5 Å². The van der Waals surface area contributed by atoms with Crippen LogP contribution in [0, 0.1) is 12.3 Å². The third-order valence-electron chi connectivity index (χ3n) is 4.59. The summed E-state index contributed by atoms with van der Waals surface area (Å²) in [5, 5.41) is 11.1. The van der Waals surface area contributed by atoms with Crippen molar-refractivity contribution in [3.63, 3.8) is 0 Å². The number of carbonyl (C=O) groups excluding carboxylic acids is 2. The molecule has 25 heavy (non-hydrogen) atoms. The number of nitrogens with zero attached hydrogens (tertiary/aromatic N) is 1. The topological polar surface area (TPSA) is 57.6 Å². The normalized spacial score (nSPS) is 18.8. The Morgan fingerprint density at radius 2 is 1.88 bits per heavy atom. The summed E-state index contributed by atoms with van der Waals surface area (Å²) in [6.07, 6.45) is 5.91. The van der Waals surface area contributed by atoms with Crippen LogP contribution in [0.5, 0.6) is 0 Å². The summed E-state index contributed by atoms with van der Waals surface area (Å²) in [6.45, 7) is 2.09. The number of benzene rings is 2. The minimum atomic E-state index is -1.88. The first-order valence-corrected chi connectivity index (χ1v) is 8.20. The molecule has 0 radical (unpaired) electrons. The fourth-order valence-electron chi connectivity index (χ4n) is 3.19. The van der Waals surface area contributed by atoms with Crippen molar-refractivity contribution < 1.29 is 14.7 Å². The number of ketones is 1. The van der Waals surface area contributed by atoms with Gasteiger partial charge < -0.3 is 5.11 Å². The van der Waals surface area contributed by atoms with Crippen molar-refractivity contribution in [2.75, 3.05) is 11.4 Å². The van der Waals surface area contributed by atoms with Gasteiger partial charge >= 0.3 is 0 Å². The van der Waals surface area contributed by atoms with Gasteiger partial charge in [0, 0.05) is 11.1 Å². The number of hydrogen-bond donors (Lipinski definition) is 1. The van der Waals surface area contributed by atoms with Crippen molar-refractivity contribution in [2.24, 2.45) is 0 Å². The summed E-state index contributed by atoms with van der Waals surface area (Å²) in [5.41, 5.74) is 0.702. The Labute approximate surface area is 147 Å². The Morgan fingerprint density at radius 3 is 2.52 bits per heavy atom. The lowest BCUT2D eigenvalue weighted by molar-refractivity contribution is -0.135. The molecular formula is C21H19NO3. The van der Waals surface area contributed by atoms with Gasteiger partial charge in [0.25, 0.3) is 5.91 Å². The van der Waals surface area contributed by atoms with Crippen LogP contribution in [-0.4, -0.2) is 23.3 Å². The van der Waals surface area contributed by atoms with Crippen LogP contribution in [0.2, 0.25) is 0 Å². The standard InChI is InChI=1S/C21H19NO3/c1-3-13-22-18-8-6-5-7-17(18)21(25,20(22)24)14-19(23)16-11-9-15(4-2)10-12-16/h1,5-12,25H,4,13-14H2,2H3/t21-/m0/s1. The van der Waals surface area contributed by atoms with E-state index in [1.165, 1.54) is 4.90 Å². The van der Waals surface area contributed by atoms with Crippen LogP contribution in [0.1, 0.15) is 34.8 Å². The second-order valence-corrected chi connectivity index (χ2v) is 6.12. The lowest BCUT2D eigenvalue weighted by atomic mass is 9.88. The first kappa shape index (κ1) is 16.9. The molecule has 4 nitrogen and oxygen atoms in total. The van der Waals surface area contributed by atoms with Crippen molar-refractivity contribution in [3.8, 4) is 12.3 Å². The molecule has 126 valence electrons. The minimum Gasteiger partial charge on any atom is -0.375 e. The Morgan fingerprint density at radius 1 is 1.20 bits per heavy atom. The monoisotopic (exact) mass is 333 g/mol. The predicted molar refractivity (Wildman–Crippen MR) is 96.3 cm³/mol. The smallest absolute Gasteiger partial charge is 0.265 e. The Hall–Kier alpha value is -2.90. The third kappa shape index (κ3) is 2.84. The lowest BCUT2D eigenvalue weighted by Crippen LogP contribution is -2.42. The first-order valence-electron chi connectivity index (χ1n) is 8.20. The summed E-state index contributed by atoms with van der Waals surface area (Å²) in [4.78, 5) is 26.8. The van der Waals surface area contributed by atoms with Gasteiger partial charge in [-0.3, -0.25) is 14.5 Å². The number of anilines is 1. The highest BCUT2D eigenvalue weighted by Gasteiger charge is 2.50. The van der Waals surface area contributed by atoms with Crippen molar-refractivity contribution in [3.05, 3.63) is 65.2 Å². The van der Waals surface area contributed by atoms with E-state index in [1.807, 2.05) is 19.1 Å². The molecule has 4 heteroatoms. The zero-order valence-corrected chi connectivity index (χ0v) is 14.0. The number of para-hydroxylation sites is 1. The quantitative estimate of drug-likeness (QED) is 0.676. The maximum absolute atomic E-state index is 12.8. The number of carbonyl (C=O) groups is 2. The fourth-order valence-corrected chi connectivity index (χ4v) is 3.19. The molecule has 0 saturated heterocycles. The molecule has 1 aliphatic rings. The van der Waals surface area contributed by atoms with Crippen molar-refractivity contribution >= 4 is 17.4 Å². The molecule has 1 heterocycles. The molecule has 0 aromatic heterocycles. The molecule has 1 aliphatic heterocycles. The highest BCUT2D eigenvalue weighted by Crippen LogP contribution is 2.42. The van der Waals surface area contributed by atoms with Crippen LogP contribution >= 0.6 is 0 Å². The number of aryl methyl sites for hydroxylation is 1. The van der Waals surface area contributed by atoms with Gasteiger partial charge in [0.15, 0.2) is 11.4 Å². The molecule has 0 bridgehead atoms. The summed E-state index contributed by atoms with van der Waals surface area (Å²) in [7, 11) is 0. The highest BCUT2D eigenvalue weighted by molar-refractivity contribution is 6.11. The number of terminal acetylenes is 1. The van der Waals surface area contributed by atoms with E-state index in [-0.39, 0.29) is 18.7 Å². The number of aliphatic hydroxyl groups is 1. The van der Waals surface area contributed by atoms with Crippen molar-refractivity contribution in [1.29, 1.82) is 0 Å². The summed E-state index contributed by atoms with van der Waals surface area (Å²) in [6, 6.07) is 14.1. The zero-order chi connectivity index (χ0) is 18.0. The molecule has 1 amide bonds. The largest absolute Gasteiger partial charge is 0.375 e. The van der Waals surface area contributed by atoms with E-state index in [2.05, 4.69) is 5.92 Å². The average Bonchev–Trinajstić information content (AvgIpc) is 2.84. The van der Waals surface area contributed by atoms with E-state index in [1.54, 1.807) is 36.4 Å². The van der Waals surface area contributed by atoms with Gasteiger partial charge in [0.05, 0.1) is 18.7 Å². The number of rotatable bonds is 5. The molecule has 0 spiro atoms. The molecule has 1 N–H and O–H groups in total. The van der Waals surface area contributed by atoms with E-state index in [4.69, 9.17) is 6.42 Å². The molecule has 0 saturated carbocycles. The molecule has 2 aromatic rings. The van der Waals surface area contributed by atoms with E-state index in [9.17, 15) is 14.7 Å². The number of hydrogen-bond acceptors (Lipinski definition) is 3. The van der Waals surface area contributed by atoms with Crippen LogP contribution in [0.15, 0.2) is 48.5 Å². The second kappa shape index (κ2) is 6.54. The summed E-state index contributed by atoms with van der Waals surface area (Å²) in [5.74, 6) is 1.59. The van der Waals surface area contributed by atoms with Crippen LogP contribution in [0.25, 0.3) is 0 Å². The third-order valence-corrected chi connectivity index (χ3v) is 4.59. The SMILES string of the molecule is C#CCN1C(=O)[C@](O)(CC(=O)c2ccc(CC)cc2)c2ccccc21. The molecule has 0 aliphatic carbocycles. The first-order chi connectivity index (χ1) is 12.0. The summed E-state index contributed by atoms with van der Waals surface area (Å²) < 4.78 is 0. The van der Waals surface area contributed by atoms with Gasteiger partial charge in [-0.15, -0.1) is 6.42 Å². The maximum atomic E-state index is 12.8. The number of amides is 1. The lowest BCUT2D eigenvalue weighted by Gasteiger charge is -2.21. The molecule has 0 fully saturated rings. The van der Waals surface area contributed by atoms with Crippen LogP contribution < -0.4 is 4.90 Å². The fraction of sp³-hybridized carbons (Fsp3) is 0.238. The Bertz CT molecular complexity index is 863. The van der Waals surface area contributed by atoms with E-state index >= 15 is 0 Å².